The van der Waals surface area contributed by atoms with Gasteiger partial charge in [-0.25, -0.2) is 0 Å². The summed E-state index contributed by atoms with van der Waals surface area (Å²) in [6, 6.07) is 0. The molecule has 38 valence electrons. The van der Waals surface area contributed by atoms with Gasteiger partial charge < -0.3 is 4.79 Å². The minimum atomic E-state index is -1.02. The van der Waals surface area contributed by atoms with Crippen molar-refractivity contribution >= 4 is 18.8 Å². The van der Waals surface area contributed by atoms with Crippen molar-refractivity contribution < 1.29 is 4.79 Å². The van der Waals surface area contributed by atoms with Gasteiger partial charge in [-0.2, -0.15) is 0 Å². The van der Waals surface area contributed by atoms with Crippen LogP contribution in [0.5, 0.6) is 0 Å². The predicted molar refractivity (Wildman–Crippen MR) is 32.7 cm³/mol. The first-order chi connectivity index (χ1) is 3.18. The minimum Gasteiger partial charge on any atom is -0.316 e. The van der Waals surface area contributed by atoms with Crippen LogP contribution in [0.1, 0.15) is 0 Å². The summed E-state index contributed by atoms with van der Waals surface area (Å²) in [4.78, 5) is 10.5. The summed E-state index contributed by atoms with van der Waals surface area (Å²) >= 11 is -1.02. The van der Waals surface area contributed by atoms with Crippen LogP contribution in [0.3, 0.4) is 0 Å². The van der Waals surface area contributed by atoms with Crippen LogP contribution in [0.25, 0.3) is 0 Å². The summed E-state index contributed by atoms with van der Waals surface area (Å²) < 4.78 is 0.250. The Labute approximate surface area is 48.4 Å². The molecule has 0 bridgehead atoms. The Morgan fingerprint density at radius 2 is 2.14 bits per heavy atom. The summed E-state index contributed by atoms with van der Waals surface area (Å²) in [5.74, 6) is 3.98. The molecule has 0 aromatic rings. The van der Waals surface area contributed by atoms with E-state index in [1.807, 2.05) is 11.6 Å². The maximum Gasteiger partial charge on any atom is 0.366 e. The smallest absolute Gasteiger partial charge is 0.316 e. The molecule has 0 spiro atoms. The molecule has 0 amide bonds. The van der Waals surface area contributed by atoms with Crippen LogP contribution in [-0.2, 0) is 4.79 Å². The molecule has 7 heavy (non-hydrogen) atoms. The molecular formula is C5H9AlO. The molecule has 0 aliphatic rings. The van der Waals surface area contributed by atoms with E-state index < -0.39 is 14.1 Å². The maximum absolute atomic E-state index is 10.5. The second kappa shape index (κ2) is 3.01. The topological polar surface area (TPSA) is 17.1 Å². The Hall–Kier alpha value is -0.0575. The fourth-order valence-electron chi connectivity index (χ4n) is 0.236. The molecule has 0 rings (SSSR count). The van der Waals surface area contributed by atoms with Crippen LogP contribution in [0.15, 0.2) is 12.7 Å². The van der Waals surface area contributed by atoms with Gasteiger partial charge in [0.2, 0.25) is 0 Å². The third kappa shape index (κ3) is 2.62. The number of rotatable bonds is 2. The molecule has 0 saturated carbocycles. The van der Waals surface area contributed by atoms with Gasteiger partial charge in [0.05, 0.1) is 4.65 Å². The molecule has 0 unspecified atom stereocenters. The second-order valence-electron chi connectivity index (χ2n) is 1.76. The van der Waals surface area contributed by atoms with Gasteiger partial charge in [0.15, 0.2) is 0 Å². The SMILES string of the molecule is C=C[C](=O)[Al]([CH3])[CH3]. The van der Waals surface area contributed by atoms with Gasteiger partial charge in [0, 0.05) is 0 Å². The first-order valence-electron chi connectivity index (χ1n) is 2.34. The highest BCUT2D eigenvalue weighted by Gasteiger charge is 2.08. The summed E-state index contributed by atoms with van der Waals surface area (Å²) in [6.45, 7) is 3.37. The zero-order valence-electron chi connectivity index (χ0n) is 4.77. The number of allylic oxidation sites excluding steroid dienone is 1. The van der Waals surface area contributed by atoms with Gasteiger partial charge in [0.25, 0.3) is 0 Å². The molecular weight excluding hydrogens is 103 g/mol. The molecule has 0 aromatic carbocycles. The molecule has 0 radical (unpaired) electrons. The van der Waals surface area contributed by atoms with Gasteiger partial charge in [-0.05, 0) is 6.08 Å². The highest BCUT2D eigenvalue weighted by Crippen LogP contribution is 1.81. The van der Waals surface area contributed by atoms with Crippen molar-refractivity contribution in [3.05, 3.63) is 12.7 Å². The van der Waals surface area contributed by atoms with E-state index in [4.69, 9.17) is 0 Å². The minimum absolute atomic E-state index is 0.250. The molecule has 0 fully saturated rings. The van der Waals surface area contributed by atoms with Crippen LogP contribution in [0.2, 0.25) is 11.6 Å². The van der Waals surface area contributed by atoms with Gasteiger partial charge >= 0.3 is 14.1 Å². The van der Waals surface area contributed by atoms with E-state index in [9.17, 15) is 4.79 Å². The summed E-state index contributed by atoms with van der Waals surface area (Å²) in [6.07, 6.45) is 1.41. The summed E-state index contributed by atoms with van der Waals surface area (Å²) in [5.41, 5.74) is 0. The average Bonchev–Trinajstić information content (AvgIpc) is 1.65. The second-order valence-corrected chi connectivity index (χ2v) is 4.64. The highest BCUT2D eigenvalue weighted by molar-refractivity contribution is 6.90. The fourth-order valence-corrected chi connectivity index (χ4v) is 0.707. The van der Waals surface area contributed by atoms with Crippen molar-refractivity contribution in [2.45, 2.75) is 11.6 Å². The maximum atomic E-state index is 10.5. The molecule has 0 aromatic heterocycles. The molecule has 0 aliphatic carbocycles. The van der Waals surface area contributed by atoms with E-state index in [2.05, 4.69) is 6.58 Å². The Morgan fingerprint density at radius 3 is 2.14 bits per heavy atom. The van der Waals surface area contributed by atoms with Crippen LogP contribution < -0.4 is 0 Å². The van der Waals surface area contributed by atoms with Crippen LogP contribution in [0.4, 0.5) is 0 Å². The Kier molecular flexibility index (Phi) is 2.99. The molecule has 0 aliphatic heterocycles. The zero-order chi connectivity index (χ0) is 5.86. The first-order valence-corrected chi connectivity index (χ1v) is 5.23. The van der Waals surface area contributed by atoms with E-state index in [-0.39, 0.29) is 4.65 Å². The standard InChI is InChI=1S/C3H3O.2CH3.Al/c1-2-3-4;;;/h2H,1H2;2*1H3;. The zero-order valence-corrected chi connectivity index (χ0v) is 5.92. The molecule has 2 heteroatoms. The number of hydrogen-bond donors (Lipinski definition) is 0. The Bertz CT molecular complexity index is 86.1. The number of carbonyl (C=O) groups excluding carboxylic acids is 1. The lowest BCUT2D eigenvalue weighted by molar-refractivity contribution is -0.108. The lowest BCUT2D eigenvalue weighted by Crippen LogP contribution is -2.13. The van der Waals surface area contributed by atoms with Crippen molar-refractivity contribution in [1.29, 1.82) is 0 Å². The van der Waals surface area contributed by atoms with Crippen LogP contribution in [0, 0.1) is 0 Å². The largest absolute Gasteiger partial charge is 0.366 e. The van der Waals surface area contributed by atoms with Gasteiger partial charge in [-0.3, -0.25) is 0 Å². The van der Waals surface area contributed by atoms with Gasteiger partial charge in [-0.15, -0.1) is 0 Å². The molecule has 0 atom stereocenters. The number of hydrogen-bond acceptors (Lipinski definition) is 1. The lowest BCUT2D eigenvalue weighted by atomic mass is 10.7. The third-order valence-corrected chi connectivity index (χ3v) is 2.14. The van der Waals surface area contributed by atoms with E-state index in [0.29, 0.717) is 0 Å². The Morgan fingerprint density at radius 1 is 1.71 bits per heavy atom. The third-order valence-electron chi connectivity index (χ3n) is 0.770. The van der Waals surface area contributed by atoms with E-state index in [1.165, 1.54) is 6.08 Å². The molecule has 0 heterocycles. The average molecular weight is 112 g/mol. The predicted octanol–water partition coefficient (Wildman–Crippen LogP) is 1.04. The lowest BCUT2D eigenvalue weighted by Gasteiger charge is -1.85. The molecule has 0 N–H and O–H groups in total. The number of carbonyl (C=O) groups is 1. The quantitative estimate of drug-likeness (QED) is 0.385. The summed E-state index contributed by atoms with van der Waals surface area (Å²) in [5, 5.41) is 0. The van der Waals surface area contributed by atoms with Gasteiger partial charge in [-0.1, -0.05) is 18.2 Å². The normalized spacial score (nSPS) is 7.71. The van der Waals surface area contributed by atoms with E-state index in [1.54, 1.807) is 0 Å². The fraction of sp³-hybridized carbons (Fsp3) is 0.400. The van der Waals surface area contributed by atoms with Crippen LogP contribution >= 0.6 is 0 Å². The van der Waals surface area contributed by atoms with Crippen molar-refractivity contribution in [2.24, 2.45) is 0 Å². The monoisotopic (exact) mass is 112 g/mol. The van der Waals surface area contributed by atoms with Gasteiger partial charge in [0.1, 0.15) is 0 Å². The molecule has 1 nitrogen and oxygen atoms in total. The van der Waals surface area contributed by atoms with Crippen LogP contribution in [-0.4, -0.2) is 18.8 Å². The van der Waals surface area contributed by atoms with Crippen molar-refractivity contribution in [3.8, 4) is 0 Å². The van der Waals surface area contributed by atoms with Crippen molar-refractivity contribution in [2.75, 3.05) is 0 Å². The molecule has 0 saturated heterocycles. The van der Waals surface area contributed by atoms with E-state index in [0.717, 1.165) is 0 Å². The highest BCUT2D eigenvalue weighted by atomic mass is 27.2. The van der Waals surface area contributed by atoms with E-state index >= 15 is 0 Å². The first kappa shape index (κ1) is 6.94. The Balaban J connectivity index is 3.56. The van der Waals surface area contributed by atoms with Crippen molar-refractivity contribution in [1.82, 2.24) is 0 Å². The van der Waals surface area contributed by atoms with Crippen molar-refractivity contribution in [3.63, 3.8) is 0 Å². The summed E-state index contributed by atoms with van der Waals surface area (Å²) in [7, 11) is 0.